The number of methoxy groups -OCH3 is 1. The number of carbonyl (C=O) groups is 1. The van der Waals surface area contributed by atoms with Crippen molar-refractivity contribution in [2.24, 2.45) is 0 Å². The summed E-state index contributed by atoms with van der Waals surface area (Å²) in [6.07, 6.45) is 0. The normalized spacial score (nSPS) is 12.3. The number of para-hydroxylation sites is 1. The lowest BCUT2D eigenvalue weighted by molar-refractivity contribution is -0.120. The van der Waals surface area contributed by atoms with E-state index in [9.17, 15) is 13.2 Å². The number of ether oxygens (including phenoxy) is 2. The van der Waals surface area contributed by atoms with Crippen LogP contribution in [0.3, 0.4) is 0 Å². The first-order valence-corrected chi connectivity index (χ1v) is 11.0. The van der Waals surface area contributed by atoms with Gasteiger partial charge in [0.15, 0.2) is 0 Å². The fourth-order valence-corrected chi connectivity index (χ4v) is 3.92. The number of nitrogens with zero attached hydrogens (tertiary/aromatic N) is 1. The molecule has 0 spiro atoms. The summed E-state index contributed by atoms with van der Waals surface area (Å²) in [4.78, 5) is 12.4. The molecule has 1 atom stereocenters. The molecule has 2 aromatic rings. The van der Waals surface area contributed by atoms with Gasteiger partial charge in [0, 0.05) is 25.3 Å². The summed E-state index contributed by atoms with van der Waals surface area (Å²) in [5, 5.41) is 5.87. The highest BCUT2D eigenvalue weighted by Crippen LogP contribution is 2.29. The molecule has 0 aliphatic heterocycles. The van der Waals surface area contributed by atoms with Crippen LogP contribution in [0.2, 0.25) is 0 Å². The van der Waals surface area contributed by atoms with Crippen molar-refractivity contribution in [1.29, 1.82) is 0 Å². The quantitative estimate of drug-likeness (QED) is 0.596. The fourth-order valence-electron chi connectivity index (χ4n) is 2.87. The standard InChI is InChI=1S/C21H29N3O5S/c1-6-29-19-12-11-16(13-20(19)30(26,27)24(3)4)22-14-21(25)23-15(2)17-9-7-8-10-18(17)28-5/h7-13,15,22H,6,14H2,1-5H3,(H,23,25). The van der Waals surface area contributed by atoms with Gasteiger partial charge in [0.05, 0.1) is 26.3 Å². The Balaban J connectivity index is 2.10. The van der Waals surface area contributed by atoms with Crippen molar-refractivity contribution < 1.29 is 22.7 Å². The smallest absolute Gasteiger partial charge is 0.246 e. The highest BCUT2D eigenvalue weighted by atomic mass is 32.2. The molecule has 2 aromatic carbocycles. The Morgan fingerprint density at radius 3 is 2.47 bits per heavy atom. The third-order valence-electron chi connectivity index (χ3n) is 4.44. The van der Waals surface area contributed by atoms with E-state index in [0.29, 0.717) is 18.0 Å². The first kappa shape index (κ1) is 23.5. The minimum Gasteiger partial charge on any atom is -0.496 e. The number of nitrogens with one attached hydrogen (secondary N) is 2. The van der Waals surface area contributed by atoms with E-state index in [1.807, 2.05) is 31.2 Å². The van der Waals surface area contributed by atoms with Crippen molar-refractivity contribution in [2.45, 2.75) is 24.8 Å². The molecule has 0 saturated carbocycles. The topological polar surface area (TPSA) is 97.0 Å². The van der Waals surface area contributed by atoms with Crippen molar-refractivity contribution in [3.05, 3.63) is 48.0 Å². The van der Waals surface area contributed by atoms with Crippen molar-refractivity contribution >= 4 is 21.6 Å². The monoisotopic (exact) mass is 435 g/mol. The molecular weight excluding hydrogens is 406 g/mol. The van der Waals surface area contributed by atoms with Gasteiger partial charge in [-0.25, -0.2) is 12.7 Å². The Hall–Kier alpha value is -2.78. The molecule has 8 nitrogen and oxygen atoms in total. The molecule has 0 saturated heterocycles. The van der Waals surface area contributed by atoms with Gasteiger partial charge in [-0.15, -0.1) is 0 Å². The molecule has 9 heteroatoms. The van der Waals surface area contributed by atoms with E-state index in [1.165, 1.54) is 20.2 Å². The molecular formula is C21H29N3O5S. The Morgan fingerprint density at radius 1 is 1.13 bits per heavy atom. The summed E-state index contributed by atoms with van der Waals surface area (Å²) in [5.41, 5.74) is 1.37. The van der Waals surface area contributed by atoms with Crippen molar-refractivity contribution in [3.8, 4) is 11.5 Å². The molecule has 1 unspecified atom stereocenters. The summed E-state index contributed by atoms with van der Waals surface area (Å²) in [6.45, 7) is 3.97. The van der Waals surface area contributed by atoms with Crippen LogP contribution >= 0.6 is 0 Å². The molecule has 0 bridgehead atoms. The van der Waals surface area contributed by atoms with E-state index in [-0.39, 0.29) is 29.1 Å². The van der Waals surface area contributed by atoms with Crippen LogP contribution in [0.25, 0.3) is 0 Å². The predicted molar refractivity (Wildman–Crippen MR) is 117 cm³/mol. The molecule has 30 heavy (non-hydrogen) atoms. The number of anilines is 1. The van der Waals surface area contributed by atoms with Crippen LogP contribution in [0.5, 0.6) is 11.5 Å². The third-order valence-corrected chi connectivity index (χ3v) is 6.27. The maximum Gasteiger partial charge on any atom is 0.246 e. The average Bonchev–Trinajstić information content (AvgIpc) is 2.72. The summed E-state index contributed by atoms with van der Waals surface area (Å²) < 4.78 is 37.1. The summed E-state index contributed by atoms with van der Waals surface area (Å²) in [7, 11) is 0.796. The van der Waals surface area contributed by atoms with Gasteiger partial charge in [0.25, 0.3) is 0 Å². The Bertz CT molecular complexity index is 976. The Labute approximate surface area is 178 Å². The van der Waals surface area contributed by atoms with Crippen LogP contribution in [-0.4, -0.2) is 53.0 Å². The number of amides is 1. The molecule has 2 rings (SSSR count). The van der Waals surface area contributed by atoms with E-state index in [2.05, 4.69) is 10.6 Å². The van der Waals surface area contributed by atoms with Crippen LogP contribution < -0.4 is 20.1 Å². The van der Waals surface area contributed by atoms with Crippen molar-refractivity contribution in [3.63, 3.8) is 0 Å². The minimum atomic E-state index is -3.70. The molecule has 0 fully saturated rings. The second-order valence-corrected chi connectivity index (χ2v) is 8.89. The van der Waals surface area contributed by atoms with Crippen LogP contribution in [0.4, 0.5) is 5.69 Å². The molecule has 1 amide bonds. The van der Waals surface area contributed by atoms with Gasteiger partial charge < -0.3 is 20.1 Å². The average molecular weight is 436 g/mol. The van der Waals surface area contributed by atoms with Gasteiger partial charge in [-0.1, -0.05) is 18.2 Å². The number of benzene rings is 2. The van der Waals surface area contributed by atoms with Gasteiger partial charge in [-0.05, 0) is 38.1 Å². The second-order valence-electron chi connectivity index (χ2n) is 6.77. The van der Waals surface area contributed by atoms with E-state index in [0.717, 1.165) is 9.87 Å². The number of hydrogen-bond donors (Lipinski definition) is 2. The first-order valence-electron chi connectivity index (χ1n) is 9.56. The van der Waals surface area contributed by atoms with Crippen LogP contribution in [0.15, 0.2) is 47.4 Å². The summed E-state index contributed by atoms with van der Waals surface area (Å²) in [5.74, 6) is 0.730. The van der Waals surface area contributed by atoms with Gasteiger partial charge in [0.2, 0.25) is 15.9 Å². The number of sulfonamides is 1. The zero-order valence-electron chi connectivity index (χ0n) is 17.9. The maximum atomic E-state index is 12.6. The van der Waals surface area contributed by atoms with E-state index < -0.39 is 10.0 Å². The third kappa shape index (κ3) is 5.64. The number of hydrogen-bond acceptors (Lipinski definition) is 6. The molecule has 164 valence electrons. The van der Waals surface area contributed by atoms with Gasteiger partial charge in [-0.2, -0.15) is 0 Å². The SMILES string of the molecule is CCOc1ccc(NCC(=O)NC(C)c2ccccc2OC)cc1S(=O)(=O)N(C)C. The first-order chi connectivity index (χ1) is 14.2. The van der Waals surface area contributed by atoms with Crippen molar-refractivity contribution in [2.75, 3.05) is 39.7 Å². The molecule has 0 aromatic heterocycles. The lowest BCUT2D eigenvalue weighted by Gasteiger charge is -2.18. The molecule has 0 heterocycles. The number of rotatable bonds is 10. The highest BCUT2D eigenvalue weighted by Gasteiger charge is 2.23. The second kappa shape index (κ2) is 10.3. The lowest BCUT2D eigenvalue weighted by Crippen LogP contribution is -2.32. The molecule has 0 aliphatic carbocycles. The predicted octanol–water partition coefficient (Wildman–Crippen LogP) is 2.63. The van der Waals surface area contributed by atoms with Crippen LogP contribution in [-0.2, 0) is 14.8 Å². The Morgan fingerprint density at radius 2 is 1.83 bits per heavy atom. The molecule has 0 radical (unpaired) electrons. The number of carbonyl (C=O) groups excluding carboxylic acids is 1. The van der Waals surface area contributed by atoms with E-state index >= 15 is 0 Å². The summed E-state index contributed by atoms with van der Waals surface area (Å²) >= 11 is 0. The van der Waals surface area contributed by atoms with Gasteiger partial charge in [0.1, 0.15) is 16.4 Å². The zero-order valence-corrected chi connectivity index (χ0v) is 18.7. The van der Waals surface area contributed by atoms with E-state index in [4.69, 9.17) is 9.47 Å². The van der Waals surface area contributed by atoms with Crippen molar-refractivity contribution in [1.82, 2.24) is 9.62 Å². The van der Waals surface area contributed by atoms with Crippen LogP contribution in [0.1, 0.15) is 25.5 Å². The summed E-state index contributed by atoms with van der Waals surface area (Å²) in [6, 6.07) is 12.0. The molecule has 0 aliphatic rings. The van der Waals surface area contributed by atoms with Gasteiger partial charge in [-0.3, -0.25) is 4.79 Å². The lowest BCUT2D eigenvalue weighted by atomic mass is 10.1. The molecule has 2 N–H and O–H groups in total. The largest absolute Gasteiger partial charge is 0.496 e. The Kier molecular flexibility index (Phi) is 8.08. The zero-order chi connectivity index (χ0) is 22.3. The minimum absolute atomic E-state index is 0.0189. The maximum absolute atomic E-state index is 12.6. The van der Waals surface area contributed by atoms with Gasteiger partial charge >= 0.3 is 0 Å². The highest BCUT2D eigenvalue weighted by molar-refractivity contribution is 7.89. The van der Waals surface area contributed by atoms with Crippen LogP contribution in [0, 0.1) is 0 Å². The van der Waals surface area contributed by atoms with E-state index in [1.54, 1.807) is 26.2 Å². The fraction of sp³-hybridized carbons (Fsp3) is 0.381.